The quantitative estimate of drug-likeness (QED) is 0.233. The summed E-state index contributed by atoms with van der Waals surface area (Å²) in [5.41, 5.74) is -0.842. The molecule has 0 bridgehead atoms. The van der Waals surface area contributed by atoms with Crippen LogP contribution in [-0.2, 0) is 21.6 Å². The first-order valence-corrected chi connectivity index (χ1v) is 12.2. The molecule has 0 aliphatic carbocycles. The molecule has 0 aliphatic rings. The number of ether oxygens (including phenoxy) is 1. The number of nitrogens with zero attached hydrogens (tertiary/aromatic N) is 2. The van der Waals surface area contributed by atoms with Crippen molar-refractivity contribution in [1.29, 1.82) is 0 Å². The maximum atomic E-state index is 12.7. The van der Waals surface area contributed by atoms with E-state index in [1.165, 1.54) is 6.20 Å². The van der Waals surface area contributed by atoms with Crippen LogP contribution in [0, 0.1) is 5.41 Å². The summed E-state index contributed by atoms with van der Waals surface area (Å²) in [6, 6.07) is 0. The minimum Gasteiger partial charge on any atom is -0.493 e. The van der Waals surface area contributed by atoms with Crippen molar-refractivity contribution in [2.45, 2.75) is 104 Å². The van der Waals surface area contributed by atoms with Crippen molar-refractivity contribution in [2.24, 2.45) is 5.41 Å². The van der Waals surface area contributed by atoms with Crippen molar-refractivity contribution >= 4 is 5.97 Å². The van der Waals surface area contributed by atoms with Gasteiger partial charge in [-0.25, -0.2) is 4.79 Å². The summed E-state index contributed by atoms with van der Waals surface area (Å²) in [4.78, 5) is 23.8. The molecule has 0 spiro atoms. The summed E-state index contributed by atoms with van der Waals surface area (Å²) in [5.74, 6) is -0.734. The van der Waals surface area contributed by atoms with Gasteiger partial charge in [-0.15, -0.1) is 6.58 Å². The number of aryl methyl sites for hydroxylation is 1. The zero-order chi connectivity index (χ0) is 24.2. The molecule has 7 heteroatoms. The molecule has 1 aromatic heterocycles. The molecule has 1 heterocycles. The first-order chi connectivity index (χ1) is 15.2. The highest BCUT2D eigenvalue weighted by Crippen LogP contribution is 2.34. The lowest BCUT2D eigenvalue weighted by Gasteiger charge is -2.33. The van der Waals surface area contributed by atoms with Gasteiger partial charge in [-0.2, -0.15) is 0 Å². The van der Waals surface area contributed by atoms with Crippen LogP contribution in [0.15, 0.2) is 23.6 Å². The number of hydrogen-bond acceptors (Lipinski definition) is 4. The number of aromatic hydroxyl groups is 1. The number of carboxylic acid groups (broad SMARTS) is 1. The van der Waals surface area contributed by atoms with Crippen molar-refractivity contribution in [2.75, 3.05) is 13.2 Å². The van der Waals surface area contributed by atoms with E-state index in [-0.39, 0.29) is 28.9 Å². The third-order valence-electron chi connectivity index (χ3n) is 7.10. The molecule has 32 heavy (non-hydrogen) atoms. The molecule has 0 aliphatic heterocycles. The smallest absolute Gasteiger partial charge is 0.331 e. The number of aliphatic carboxylic acids is 1. The van der Waals surface area contributed by atoms with E-state index in [9.17, 15) is 14.7 Å². The van der Waals surface area contributed by atoms with E-state index in [0.29, 0.717) is 19.8 Å². The average molecular weight is 453 g/mol. The number of allylic oxidation sites excluding steroid dienone is 1. The van der Waals surface area contributed by atoms with Gasteiger partial charge < -0.3 is 14.9 Å². The van der Waals surface area contributed by atoms with Gasteiger partial charge in [-0.3, -0.25) is 13.9 Å². The lowest BCUT2D eigenvalue weighted by Crippen LogP contribution is -2.40. The van der Waals surface area contributed by atoms with Gasteiger partial charge in [-0.1, -0.05) is 33.3 Å². The molecule has 1 unspecified atom stereocenters. The number of unbranched alkanes of at least 4 members (excludes halogenated alkanes) is 2. The first-order valence-electron chi connectivity index (χ1n) is 12.2. The SMILES string of the molecule is C=CC(CC)(CCCCOCCCCC(CC)(CC)n1c(O)cn(CC)c1=O)CC(=O)O. The van der Waals surface area contributed by atoms with Gasteiger partial charge in [-0.05, 0) is 63.7 Å². The third-order valence-corrected chi connectivity index (χ3v) is 7.10. The molecular weight excluding hydrogens is 408 g/mol. The van der Waals surface area contributed by atoms with Crippen LogP contribution in [0.4, 0.5) is 0 Å². The predicted molar refractivity (Wildman–Crippen MR) is 128 cm³/mol. The van der Waals surface area contributed by atoms with Crippen molar-refractivity contribution < 1.29 is 19.7 Å². The first kappa shape index (κ1) is 28.0. The Bertz CT molecular complexity index is 763. The van der Waals surface area contributed by atoms with Crippen LogP contribution in [0.3, 0.4) is 0 Å². The second kappa shape index (κ2) is 13.5. The number of hydrogen-bond donors (Lipinski definition) is 2. The Labute approximate surface area is 193 Å². The fraction of sp³-hybridized carbons (Fsp3) is 0.760. The van der Waals surface area contributed by atoms with E-state index in [0.717, 1.165) is 57.8 Å². The molecule has 0 amide bonds. The normalized spacial score (nSPS) is 13.8. The Balaban J connectivity index is 2.43. The van der Waals surface area contributed by atoms with Gasteiger partial charge in [0.1, 0.15) is 0 Å². The zero-order valence-electron chi connectivity index (χ0n) is 20.6. The van der Waals surface area contributed by atoms with Crippen LogP contribution in [0.5, 0.6) is 5.88 Å². The Hall–Kier alpha value is -2.02. The van der Waals surface area contributed by atoms with E-state index in [4.69, 9.17) is 9.84 Å². The fourth-order valence-electron chi connectivity index (χ4n) is 4.63. The van der Waals surface area contributed by atoms with E-state index in [1.807, 2.05) is 13.8 Å². The molecule has 0 saturated heterocycles. The third kappa shape index (κ3) is 7.26. The number of carboxylic acids is 1. The topological polar surface area (TPSA) is 93.7 Å². The van der Waals surface area contributed by atoms with E-state index in [1.54, 1.807) is 15.2 Å². The van der Waals surface area contributed by atoms with Crippen LogP contribution >= 0.6 is 0 Å². The largest absolute Gasteiger partial charge is 0.493 e. The second-order valence-corrected chi connectivity index (χ2v) is 8.84. The van der Waals surface area contributed by atoms with Crippen LogP contribution in [0.25, 0.3) is 0 Å². The highest BCUT2D eigenvalue weighted by Gasteiger charge is 2.32. The van der Waals surface area contributed by atoms with Crippen LogP contribution in [-0.4, -0.2) is 38.5 Å². The standard InChI is InChI=1S/C25H44N2O5/c1-6-24(7-2,19-22(29)30)15-11-13-17-32-18-14-12-16-25(8-3,9-4)27-21(28)20-26(10-5)23(27)31/h6,20,28H,1,7-19H2,2-5H3,(H,29,30). The van der Waals surface area contributed by atoms with E-state index in [2.05, 4.69) is 20.4 Å². The molecule has 7 nitrogen and oxygen atoms in total. The summed E-state index contributed by atoms with van der Waals surface area (Å²) in [6.07, 6.45) is 11.1. The van der Waals surface area contributed by atoms with E-state index >= 15 is 0 Å². The lowest BCUT2D eigenvalue weighted by atomic mass is 9.77. The average Bonchev–Trinajstić information content (AvgIpc) is 3.08. The minimum atomic E-state index is -0.778. The summed E-state index contributed by atoms with van der Waals surface area (Å²) >= 11 is 0. The molecule has 0 saturated carbocycles. The van der Waals surface area contributed by atoms with Crippen molar-refractivity contribution in [3.63, 3.8) is 0 Å². The van der Waals surface area contributed by atoms with Gasteiger partial charge in [0.05, 0.1) is 18.2 Å². The van der Waals surface area contributed by atoms with Gasteiger partial charge in [0.25, 0.3) is 0 Å². The Morgan fingerprint density at radius 2 is 1.66 bits per heavy atom. The zero-order valence-corrected chi connectivity index (χ0v) is 20.6. The highest BCUT2D eigenvalue weighted by molar-refractivity contribution is 5.68. The maximum absolute atomic E-state index is 12.7. The van der Waals surface area contributed by atoms with Gasteiger partial charge in [0.2, 0.25) is 5.88 Å². The predicted octanol–water partition coefficient (Wildman–Crippen LogP) is 5.30. The summed E-state index contributed by atoms with van der Waals surface area (Å²) in [5, 5.41) is 19.5. The van der Waals surface area contributed by atoms with Gasteiger partial charge in [0, 0.05) is 19.8 Å². The molecule has 1 atom stereocenters. The number of imidazole rings is 1. The van der Waals surface area contributed by atoms with Crippen molar-refractivity contribution in [1.82, 2.24) is 9.13 Å². The maximum Gasteiger partial charge on any atom is 0.331 e. The summed E-state index contributed by atoms with van der Waals surface area (Å²) in [7, 11) is 0. The minimum absolute atomic E-state index is 0.0439. The molecule has 1 rings (SSSR count). The fourth-order valence-corrected chi connectivity index (χ4v) is 4.63. The van der Waals surface area contributed by atoms with Crippen LogP contribution in [0.2, 0.25) is 0 Å². The van der Waals surface area contributed by atoms with Crippen LogP contribution < -0.4 is 5.69 Å². The van der Waals surface area contributed by atoms with Crippen molar-refractivity contribution in [3.8, 4) is 5.88 Å². The Kier molecular flexibility index (Phi) is 11.8. The molecular formula is C25H44N2O5. The number of carbonyl (C=O) groups is 1. The Morgan fingerprint density at radius 3 is 2.09 bits per heavy atom. The second-order valence-electron chi connectivity index (χ2n) is 8.84. The van der Waals surface area contributed by atoms with Crippen molar-refractivity contribution in [3.05, 3.63) is 29.3 Å². The number of aromatic nitrogens is 2. The molecule has 0 fully saturated rings. The lowest BCUT2D eigenvalue weighted by molar-refractivity contribution is -0.139. The van der Waals surface area contributed by atoms with E-state index < -0.39 is 5.97 Å². The van der Waals surface area contributed by atoms with Gasteiger partial charge in [0.15, 0.2) is 0 Å². The summed E-state index contributed by atoms with van der Waals surface area (Å²) < 4.78 is 8.92. The van der Waals surface area contributed by atoms with Gasteiger partial charge >= 0.3 is 11.7 Å². The summed E-state index contributed by atoms with van der Waals surface area (Å²) in [6.45, 7) is 13.8. The Morgan fingerprint density at radius 1 is 1.06 bits per heavy atom. The highest BCUT2D eigenvalue weighted by atomic mass is 16.5. The molecule has 184 valence electrons. The molecule has 1 aromatic rings. The molecule has 0 aromatic carbocycles. The monoisotopic (exact) mass is 452 g/mol. The van der Waals surface area contributed by atoms with Crippen LogP contribution in [0.1, 0.15) is 91.9 Å². The molecule has 0 radical (unpaired) electrons. The molecule has 2 N–H and O–H groups in total. The number of rotatable bonds is 18.